The number of nitro groups is 1. The highest BCUT2D eigenvalue weighted by atomic mass is 35.5. The number of aromatic amines is 1. The molecule has 1 aromatic heterocycles. The van der Waals surface area contributed by atoms with Gasteiger partial charge in [0.25, 0.3) is 11.6 Å². The second kappa shape index (κ2) is 5.66. The molecule has 0 bridgehead atoms. The van der Waals surface area contributed by atoms with Crippen LogP contribution in [-0.2, 0) is 6.42 Å². The first kappa shape index (κ1) is 13.9. The zero-order chi connectivity index (χ0) is 14.7. The van der Waals surface area contributed by atoms with Gasteiger partial charge in [-0.25, -0.2) is 4.98 Å². The molecule has 2 rings (SSSR count). The zero-order valence-electron chi connectivity index (χ0n) is 10.4. The van der Waals surface area contributed by atoms with Crippen LogP contribution < -0.4 is 5.32 Å². The van der Waals surface area contributed by atoms with Gasteiger partial charge in [-0.05, 0) is 12.1 Å². The van der Waals surface area contributed by atoms with Gasteiger partial charge in [-0.3, -0.25) is 20.0 Å². The van der Waals surface area contributed by atoms with Crippen molar-refractivity contribution in [2.45, 2.75) is 13.3 Å². The number of carbonyl (C=O) groups excluding carboxylic acids is 1. The highest BCUT2D eigenvalue weighted by Crippen LogP contribution is 2.27. The Kier molecular flexibility index (Phi) is 3.94. The van der Waals surface area contributed by atoms with E-state index in [1.807, 2.05) is 6.92 Å². The van der Waals surface area contributed by atoms with Gasteiger partial charge < -0.3 is 5.32 Å². The van der Waals surface area contributed by atoms with Gasteiger partial charge in [0.15, 0.2) is 0 Å². The number of H-pyrrole nitrogens is 1. The monoisotopic (exact) mass is 295 g/mol. The molecule has 9 heteroatoms. The van der Waals surface area contributed by atoms with Crippen LogP contribution in [0.25, 0.3) is 0 Å². The summed E-state index contributed by atoms with van der Waals surface area (Å²) in [6.07, 6.45) is 0.599. The lowest BCUT2D eigenvalue weighted by Gasteiger charge is -2.03. The summed E-state index contributed by atoms with van der Waals surface area (Å²) in [6.45, 7) is 1.85. The predicted molar refractivity (Wildman–Crippen MR) is 71.8 cm³/mol. The minimum atomic E-state index is -0.633. The van der Waals surface area contributed by atoms with E-state index in [-0.39, 0.29) is 22.2 Å². The van der Waals surface area contributed by atoms with Crippen LogP contribution in [-0.4, -0.2) is 26.0 Å². The maximum Gasteiger partial charge on any atom is 0.295 e. The minimum Gasteiger partial charge on any atom is -0.313 e. The van der Waals surface area contributed by atoms with Gasteiger partial charge in [-0.1, -0.05) is 18.5 Å². The summed E-state index contributed by atoms with van der Waals surface area (Å²) >= 11 is 5.69. The number of halogens is 1. The number of aryl methyl sites for hydroxylation is 1. The Labute approximate surface area is 118 Å². The lowest BCUT2D eigenvalue weighted by Crippen LogP contribution is -2.15. The summed E-state index contributed by atoms with van der Waals surface area (Å²) in [5.74, 6) is -0.154. The summed E-state index contributed by atoms with van der Waals surface area (Å²) in [4.78, 5) is 26.1. The number of rotatable bonds is 4. The van der Waals surface area contributed by atoms with Crippen molar-refractivity contribution in [1.29, 1.82) is 0 Å². The van der Waals surface area contributed by atoms with Crippen molar-refractivity contribution in [3.8, 4) is 0 Å². The van der Waals surface area contributed by atoms with Gasteiger partial charge in [0.2, 0.25) is 5.82 Å². The average Bonchev–Trinajstić information content (AvgIpc) is 2.89. The largest absolute Gasteiger partial charge is 0.313 e. The van der Waals surface area contributed by atoms with Gasteiger partial charge in [0.1, 0.15) is 11.5 Å². The molecule has 0 aliphatic rings. The van der Waals surface area contributed by atoms with Crippen molar-refractivity contribution in [2.75, 3.05) is 5.32 Å². The van der Waals surface area contributed by atoms with Crippen LogP contribution in [0.3, 0.4) is 0 Å². The zero-order valence-corrected chi connectivity index (χ0v) is 11.1. The Morgan fingerprint density at radius 3 is 2.90 bits per heavy atom. The number of carbonyl (C=O) groups is 1. The van der Waals surface area contributed by atoms with E-state index in [0.717, 1.165) is 6.07 Å². The standard InChI is InChI=1S/C11H10ClN5O3/c1-2-9-14-10(16-15-9)11(18)13-7-4-3-6(12)5-8(7)17(19)20/h3-5H,2H2,1H3,(H,13,18)(H,14,15,16). The molecule has 0 atom stereocenters. The summed E-state index contributed by atoms with van der Waals surface area (Å²) in [6, 6.07) is 3.96. The van der Waals surface area contributed by atoms with Crippen molar-refractivity contribution < 1.29 is 9.72 Å². The van der Waals surface area contributed by atoms with Crippen LogP contribution >= 0.6 is 11.6 Å². The molecule has 0 saturated heterocycles. The number of hydrogen-bond donors (Lipinski definition) is 2. The smallest absolute Gasteiger partial charge is 0.295 e. The van der Waals surface area contributed by atoms with Crippen LogP contribution in [0, 0.1) is 10.1 Å². The van der Waals surface area contributed by atoms with E-state index >= 15 is 0 Å². The summed E-state index contributed by atoms with van der Waals surface area (Å²) in [5.41, 5.74) is -0.260. The third-order valence-electron chi connectivity index (χ3n) is 2.47. The number of anilines is 1. The Hall–Kier alpha value is -2.48. The molecule has 0 radical (unpaired) electrons. The van der Waals surface area contributed by atoms with E-state index in [0.29, 0.717) is 12.2 Å². The van der Waals surface area contributed by atoms with Crippen LogP contribution in [0.15, 0.2) is 18.2 Å². The van der Waals surface area contributed by atoms with E-state index < -0.39 is 10.8 Å². The molecule has 0 unspecified atom stereocenters. The van der Waals surface area contributed by atoms with Crippen LogP contribution in [0.2, 0.25) is 5.02 Å². The highest BCUT2D eigenvalue weighted by molar-refractivity contribution is 6.31. The van der Waals surface area contributed by atoms with Crippen molar-refractivity contribution in [2.24, 2.45) is 0 Å². The van der Waals surface area contributed by atoms with E-state index in [2.05, 4.69) is 20.5 Å². The molecule has 1 heterocycles. The van der Waals surface area contributed by atoms with E-state index in [1.54, 1.807) is 0 Å². The molecule has 2 aromatic rings. The fraction of sp³-hybridized carbons (Fsp3) is 0.182. The normalized spacial score (nSPS) is 10.3. The van der Waals surface area contributed by atoms with Crippen molar-refractivity contribution in [3.63, 3.8) is 0 Å². The van der Waals surface area contributed by atoms with Crippen LogP contribution in [0.1, 0.15) is 23.4 Å². The van der Waals surface area contributed by atoms with Gasteiger partial charge in [-0.15, -0.1) is 5.10 Å². The molecule has 20 heavy (non-hydrogen) atoms. The van der Waals surface area contributed by atoms with Gasteiger partial charge in [0.05, 0.1) is 4.92 Å². The Balaban J connectivity index is 2.25. The Morgan fingerprint density at radius 1 is 1.55 bits per heavy atom. The second-order valence-corrected chi connectivity index (χ2v) is 4.27. The first-order chi connectivity index (χ1) is 9.51. The topological polar surface area (TPSA) is 114 Å². The Bertz CT molecular complexity index is 670. The molecule has 104 valence electrons. The lowest BCUT2D eigenvalue weighted by atomic mass is 10.2. The predicted octanol–water partition coefficient (Wildman–Crippen LogP) is 2.18. The van der Waals surface area contributed by atoms with Crippen molar-refractivity contribution in [3.05, 3.63) is 45.0 Å². The van der Waals surface area contributed by atoms with Gasteiger partial charge >= 0.3 is 0 Å². The molecule has 0 spiro atoms. The Morgan fingerprint density at radius 2 is 2.30 bits per heavy atom. The molecule has 0 saturated carbocycles. The number of hydrogen-bond acceptors (Lipinski definition) is 5. The molecule has 1 aromatic carbocycles. The molecular weight excluding hydrogens is 286 g/mol. The van der Waals surface area contributed by atoms with E-state index in [1.165, 1.54) is 12.1 Å². The fourth-order valence-corrected chi connectivity index (χ4v) is 1.66. The first-order valence-electron chi connectivity index (χ1n) is 5.67. The number of amides is 1. The number of nitro benzene ring substituents is 1. The van der Waals surface area contributed by atoms with Gasteiger partial charge in [-0.2, -0.15) is 0 Å². The molecule has 1 amide bonds. The molecule has 2 N–H and O–H groups in total. The first-order valence-corrected chi connectivity index (χ1v) is 6.05. The maximum absolute atomic E-state index is 11.9. The lowest BCUT2D eigenvalue weighted by molar-refractivity contribution is -0.383. The fourth-order valence-electron chi connectivity index (χ4n) is 1.49. The van der Waals surface area contributed by atoms with Crippen LogP contribution in [0.4, 0.5) is 11.4 Å². The number of aromatic nitrogens is 3. The summed E-state index contributed by atoms with van der Waals surface area (Å²) in [7, 11) is 0. The number of nitrogens with one attached hydrogen (secondary N) is 2. The van der Waals surface area contributed by atoms with E-state index in [9.17, 15) is 14.9 Å². The average molecular weight is 296 g/mol. The summed E-state index contributed by atoms with van der Waals surface area (Å²) in [5, 5.41) is 19.8. The number of nitrogens with zero attached hydrogens (tertiary/aromatic N) is 3. The third kappa shape index (κ3) is 2.91. The molecular formula is C11H10ClN5O3. The summed E-state index contributed by atoms with van der Waals surface area (Å²) < 4.78 is 0. The molecule has 0 fully saturated rings. The van der Waals surface area contributed by atoms with Crippen molar-refractivity contribution in [1.82, 2.24) is 15.2 Å². The maximum atomic E-state index is 11.9. The minimum absolute atomic E-state index is 0.0345. The second-order valence-electron chi connectivity index (χ2n) is 3.83. The highest BCUT2D eigenvalue weighted by Gasteiger charge is 2.19. The third-order valence-corrected chi connectivity index (χ3v) is 2.71. The number of benzene rings is 1. The van der Waals surface area contributed by atoms with Crippen molar-refractivity contribution >= 4 is 28.9 Å². The SMILES string of the molecule is CCc1nc(C(=O)Nc2ccc(Cl)cc2[N+](=O)[O-])n[nH]1. The van der Waals surface area contributed by atoms with Crippen LogP contribution in [0.5, 0.6) is 0 Å². The quantitative estimate of drug-likeness (QED) is 0.663. The van der Waals surface area contributed by atoms with E-state index in [4.69, 9.17) is 11.6 Å². The molecule has 8 nitrogen and oxygen atoms in total. The van der Waals surface area contributed by atoms with Gasteiger partial charge in [0, 0.05) is 17.5 Å². The molecule has 0 aliphatic carbocycles. The molecule has 0 aliphatic heterocycles.